The average Bonchev–Trinajstić information content (AvgIpc) is 3.37. The molecule has 0 saturated carbocycles. The number of carbonyl (C=O) groups excluding carboxylic acids is 1. The Morgan fingerprint density at radius 2 is 1.61 bits per heavy atom. The van der Waals surface area contributed by atoms with Crippen molar-refractivity contribution in [3.63, 3.8) is 0 Å². The molecule has 0 aliphatic rings. The molecular weight excluding hydrogens is 545 g/mol. The second-order valence-electron chi connectivity index (χ2n) is 9.37. The predicted octanol–water partition coefficient (Wildman–Crippen LogP) is 9.70. The summed E-state index contributed by atoms with van der Waals surface area (Å²) in [7, 11) is 0. The van der Waals surface area contributed by atoms with E-state index in [9.17, 15) is 18.0 Å². The van der Waals surface area contributed by atoms with Crippen molar-refractivity contribution in [2.75, 3.05) is 0 Å². The molecule has 208 valence electrons. The normalized spacial score (nSPS) is 12.4. The number of rotatable bonds is 10. The number of imidazole rings is 1. The number of benzene rings is 3. The van der Waals surface area contributed by atoms with Crippen LogP contribution in [0.25, 0.3) is 29.0 Å². The van der Waals surface area contributed by atoms with Gasteiger partial charge in [0.05, 0.1) is 5.69 Å². The lowest BCUT2D eigenvalue weighted by Crippen LogP contribution is -2.08. The van der Waals surface area contributed by atoms with Crippen LogP contribution in [-0.4, -0.2) is 22.0 Å². The highest BCUT2D eigenvalue weighted by Crippen LogP contribution is 2.29. The van der Waals surface area contributed by atoms with E-state index >= 15 is 0 Å². The summed E-state index contributed by atoms with van der Waals surface area (Å²) >= 11 is 6.06. The molecule has 4 rings (SSSR count). The molecule has 3 aromatic carbocycles. The summed E-state index contributed by atoms with van der Waals surface area (Å²) in [5.41, 5.74) is 4.37. The van der Waals surface area contributed by atoms with E-state index in [4.69, 9.17) is 16.6 Å². The van der Waals surface area contributed by atoms with Crippen molar-refractivity contribution in [3.8, 4) is 11.3 Å². The molecule has 0 radical (unpaired) electrons. The monoisotopic (exact) mass is 572 g/mol. The quantitative estimate of drug-likeness (QED) is 0.140. The molecule has 4 aromatic rings. The largest absolute Gasteiger partial charge is 0.415 e. The van der Waals surface area contributed by atoms with E-state index in [1.807, 2.05) is 84.4 Å². The summed E-state index contributed by atoms with van der Waals surface area (Å²) in [6, 6.07) is 22.1. The van der Waals surface area contributed by atoms with Crippen molar-refractivity contribution < 1.29 is 18.0 Å². The minimum Gasteiger partial charge on any atom is -0.326 e. The maximum absolute atomic E-state index is 13.1. The molecule has 0 amide bonds. The lowest BCUT2D eigenvalue weighted by atomic mass is 10.0. The number of aldehydes is 1. The van der Waals surface area contributed by atoms with Gasteiger partial charge in [0.15, 0.2) is 0 Å². The maximum Gasteiger partial charge on any atom is 0.415 e. The topological polar surface area (TPSA) is 34.9 Å². The average molecular weight is 573 g/mol. The lowest BCUT2D eigenvalue weighted by molar-refractivity contribution is -0.0877. The van der Waals surface area contributed by atoms with Gasteiger partial charge in [-0.25, -0.2) is 4.98 Å². The molecule has 7 heteroatoms. The number of nitrogens with zero attached hydrogens (tertiary/aromatic N) is 2. The second kappa shape index (κ2) is 13.3. The molecule has 41 heavy (non-hydrogen) atoms. The minimum absolute atomic E-state index is 0.438. The molecule has 0 unspecified atom stereocenters. The molecular formula is C34H28ClF3N2O. The third-order valence-corrected chi connectivity index (χ3v) is 6.56. The fourth-order valence-electron chi connectivity index (χ4n) is 4.05. The number of hydrogen-bond donors (Lipinski definition) is 0. The van der Waals surface area contributed by atoms with Crippen molar-refractivity contribution in [1.29, 1.82) is 0 Å². The van der Waals surface area contributed by atoms with Gasteiger partial charge in [0, 0.05) is 34.5 Å². The molecule has 3 nitrogen and oxygen atoms in total. The number of alkyl halides is 3. The lowest BCUT2D eigenvalue weighted by Gasteiger charge is -2.09. The summed E-state index contributed by atoms with van der Waals surface area (Å²) in [4.78, 5) is 15.9. The zero-order valence-electron chi connectivity index (χ0n) is 22.4. The van der Waals surface area contributed by atoms with Crippen LogP contribution in [0.4, 0.5) is 13.2 Å². The van der Waals surface area contributed by atoms with Gasteiger partial charge in [-0.2, -0.15) is 13.2 Å². The van der Waals surface area contributed by atoms with Crippen molar-refractivity contribution in [2.24, 2.45) is 0 Å². The highest BCUT2D eigenvalue weighted by molar-refractivity contribution is 6.30. The Kier molecular flexibility index (Phi) is 9.58. The van der Waals surface area contributed by atoms with Gasteiger partial charge < -0.3 is 4.57 Å². The zero-order valence-corrected chi connectivity index (χ0v) is 23.2. The molecule has 0 fully saturated rings. The Hall–Kier alpha value is -4.42. The van der Waals surface area contributed by atoms with Crippen LogP contribution in [-0.2, 0) is 6.54 Å². The van der Waals surface area contributed by atoms with Crippen LogP contribution < -0.4 is 0 Å². The summed E-state index contributed by atoms with van der Waals surface area (Å²) in [6.07, 6.45) is 7.34. The molecule has 0 aliphatic carbocycles. The number of aromatic nitrogens is 2. The number of carbonyl (C=O) groups is 1. The highest BCUT2D eigenvalue weighted by atomic mass is 35.5. The Morgan fingerprint density at radius 3 is 2.22 bits per heavy atom. The Bertz CT molecular complexity index is 1590. The Balaban J connectivity index is 1.63. The van der Waals surface area contributed by atoms with E-state index in [-0.39, 0.29) is 0 Å². The summed E-state index contributed by atoms with van der Waals surface area (Å²) in [5, 5.41) is 0.637. The van der Waals surface area contributed by atoms with Gasteiger partial charge in [0.25, 0.3) is 0 Å². The van der Waals surface area contributed by atoms with E-state index < -0.39 is 11.7 Å². The number of halogens is 4. The van der Waals surface area contributed by atoms with E-state index in [0.717, 1.165) is 34.7 Å². The molecule has 0 saturated heterocycles. The molecule has 1 aromatic heterocycles. The van der Waals surface area contributed by atoms with Gasteiger partial charge in [0.1, 0.15) is 12.1 Å². The van der Waals surface area contributed by atoms with Gasteiger partial charge in [-0.1, -0.05) is 104 Å². The molecule has 0 spiro atoms. The van der Waals surface area contributed by atoms with Crippen LogP contribution >= 0.6 is 11.6 Å². The van der Waals surface area contributed by atoms with E-state index in [0.29, 0.717) is 40.5 Å². The summed E-state index contributed by atoms with van der Waals surface area (Å²) < 4.78 is 41.3. The standard InChI is InChI=1S/C34H28ClF3N2O/c1-3-4-5-30(20-24(2)34(36,37)38)28-13-10-25(11-14-28)12-19-33-39-32(29-15-17-31(35)18-16-29)22-40(33)21-26-6-8-27(23-41)9-7-26/h4-20,22-23H,2-3,21H2,1H3/b5-4-,19-12+,30-20+. The maximum atomic E-state index is 13.1. The summed E-state index contributed by atoms with van der Waals surface area (Å²) in [5.74, 6) is 0.714. The van der Waals surface area contributed by atoms with Crippen LogP contribution in [0.2, 0.25) is 5.02 Å². The van der Waals surface area contributed by atoms with Gasteiger partial charge in [-0.15, -0.1) is 0 Å². The van der Waals surface area contributed by atoms with Crippen molar-refractivity contribution >= 4 is 35.6 Å². The number of hydrogen-bond acceptors (Lipinski definition) is 2. The van der Waals surface area contributed by atoms with Crippen molar-refractivity contribution in [2.45, 2.75) is 26.1 Å². The third kappa shape index (κ3) is 8.05. The van der Waals surface area contributed by atoms with Crippen molar-refractivity contribution in [3.05, 3.63) is 142 Å². The first-order valence-electron chi connectivity index (χ1n) is 13.0. The molecule has 0 aliphatic heterocycles. The summed E-state index contributed by atoms with van der Waals surface area (Å²) in [6.45, 7) is 5.64. The fourth-order valence-corrected chi connectivity index (χ4v) is 4.17. The van der Waals surface area contributed by atoms with Gasteiger partial charge in [-0.3, -0.25) is 4.79 Å². The van der Waals surface area contributed by atoms with E-state index in [1.165, 1.54) is 0 Å². The van der Waals surface area contributed by atoms with E-state index in [1.54, 1.807) is 30.3 Å². The first kappa shape index (κ1) is 29.6. The molecule has 1 heterocycles. The number of allylic oxidation sites excluding steroid dienone is 5. The third-order valence-electron chi connectivity index (χ3n) is 6.31. The van der Waals surface area contributed by atoms with Crippen LogP contribution in [0.15, 0.2) is 109 Å². The molecule has 0 N–H and O–H groups in total. The predicted molar refractivity (Wildman–Crippen MR) is 162 cm³/mol. The van der Waals surface area contributed by atoms with Crippen LogP contribution in [0, 0.1) is 0 Å². The minimum atomic E-state index is -4.49. The highest BCUT2D eigenvalue weighted by Gasteiger charge is 2.30. The first-order chi connectivity index (χ1) is 19.7. The fraction of sp³-hybridized carbons (Fsp3) is 0.118. The van der Waals surface area contributed by atoms with Crippen molar-refractivity contribution in [1.82, 2.24) is 9.55 Å². The van der Waals surface area contributed by atoms with Gasteiger partial charge in [0.2, 0.25) is 0 Å². The Labute approximate surface area is 242 Å². The second-order valence-corrected chi connectivity index (χ2v) is 9.80. The SMILES string of the molecule is C=C(/C=C(\C=C/CC)c1ccc(/C=C/c2nc(-c3ccc(Cl)cc3)cn2Cc2ccc(C=O)cc2)cc1)C(F)(F)F. The smallest absolute Gasteiger partial charge is 0.326 e. The first-order valence-corrected chi connectivity index (χ1v) is 13.3. The molecule has 0 atom stereocenters. The van der Waals surface area contributed by atoms with E-state index in [2.05, 4.69) is 6.58 Å². The van der Waals surface area contributed by atoms with Crippen LogP contribution in [0.3, 0.4) is 0 Å². The van der Waals surface area contributed by atoms with Crippen LogP contribution in [0.1, 0.15) is 46.2 Å². The molecule has 0 bridgehead atoms. The van der Waals surface area contributed by atoms with Crippen LogP contribution in [0.5, 0.6) is 0 Å². The Morgan fingerprint density at radius 1 is 0.951 bits per heavy atom. The van der Waals surface area contributed by atoms with Gasteiger partial charge in [-0.05, 0) is 53.0 Å². The van der Waals surface area contributed by atoms with Gasteiger partial charge >= 0.3 is 6.18 Å². The zero-order chi connectivity index (χ0) is 29.4.